The molecule has 0 heterocycles. The zero-order valence-electron chi connectivity index (χ0n) is 12.5. The van der Waals surface area contributed by atoms with Gasteiger partial charge >= 0.3 is 6.09 Å². The number of amides is 1. The molecule has 0 aliphatic rings. The molecule has 0 aromatic heterocycles. The first-order valence-corrected chi connectivity index (χ1v) is 6.11. The van der Waals surface area contributed by atoms with E-state index in [0.717, 1.165) is 0 Å². The molecular weight excluding hydrogens is 248 g/mol. The van der Waals surface area contributed by atoms with Crippen LogP contribution in [0.25, 0.3) is 0 Å². The lowest BCUT2D eigenvalue weighted by Crippen LogP contribution is -2.38. The highest BCUT2D eigenvalue weighted by molar-refractivity contribution is 5.90. The maximum atomic E-state index is 11.6. The number of nitrogens with one attached hydrogen (secondary N) is 1. The maximum Gasteiger partial charge on any atom is 0.407 e. The number of hydrogen-bond acceptors (Lipinski definition) is 5. The predicted octanol–water partition coefficient (Wildman–Crippen LogP) is 1.87. The number of hydrogen-bond donors (Lipinski definition) is 1. The van der Waals surface area contributed by atoms with Crippen LogP contribution in [0, 0.1) is 0 Å². The molecule has 1 atom stereocenters. The van der Waals surface area contributed by atoms with Gasteiger partial charge in [0.1, 0.15) is 5.60 Å². The van der Waals surface area contributed by atoms with Crippen molar-refractivity contribution in [3.63, 3.8) is 0 Å². The second-order valence-electron chi connectivity index (χ2n) is 5.26. The molecule has 0 spiro atoms. The Morgan fingerprint density at radius 2 is 1.95 bits per heavy atom. The number of hydroxylamine groups is 2. The minimum absolute atomic E-state index is 0.104. The van der Waals surface area contributed by atoms with Crippen LogP contribution in [0.15, 0.2) is 12.3 Å². The minimum Gasteiger partial charge on any atom is -0.444 e. The highest BCUT2D eigenvalue weighted by Crippen LogP contribution is 2.07. The Morgan fingerprint density at radius 3 is 2.42 bits per heavy atom. The Hall–Kier alpha value is -1.56. The molecule has 110 valence electrons. The number of nitrogens with zero attached hydrogens (tertiary/aromatic N) is 1. The van der Waals surface area contributed by atoms with Gasteiger partial charge < -0.3 is 10.1 Å². The van der Waals surface area contributed by atoms with E-state index in [4.69, 9.17) is 9.57 Å². The third-order valence-electron chi connectivity index (χ3n) is 2.03. The van der Waals surface area contributed by atoms with Crippen LogP contribution in [-0.4, -0.2) is 42.7 Å². The standard InChI is InChI=1S/C13H24N2O4/c1-10(14-12(17)19-13(2,3)4)9-11(16)7-8-15(5)18-6/h7-8,10H,9H2,1-6H3,(H,14,17)/b8-7+. The Balaban J connectivity index is 4.10. The van der Waals surface area contributed by atoms with E-state index in [9.17, 15) is 9.59 Å². The quantitative estimate of drug-likeness (QED) is 0.590. The monoisotopic (exact) mass is 272 g/mol. The van der Waals surface area contributed by atoms with Crippen LogP contribution in [0.2, 0.25) is 0 Å². The van der Waals surface area contributed by atoms with E-state index < -0.39 is 11.7 Å². The van der Waals surface area contributed by atoms with Gasteiger partial charge in [-0.05, 0) is 33.8 Å². The first-order valence-electron chi connectivity index (χ1n) is 6.11. The number of carbonyl (C=O) groups excluding carboxylic acids is 2. The summed E-state index contributed by atoms with van der Waals surface area (Å²) in [6.45, 7) is 7.10. The number of allylic oxidation sites excluding steroid dienone is 1. The van der Waals surface area contributed by atoms with E-state index in [1.165, 1.54) is 24.4 Å². The van der Waals surface area contributed by atoms with Crippen LogP contribution in [0.5, 0.6) is 0 Å². The molecule has 0 radical (unpaired) electrons. The molecule has 0 bridgehead atoms. The molecule has 1 amide bonds. The molecule has 1 unspecified atom stereocenters. The first kappa shape index (κ1) is 17.4. The third kappa shape index (κ3) is 10.1. The predicted molar refractivity (Wildman–Crippen MR) is 72.4 cm³/mol. The van der Waals surface area contributed by atoms with Crippen molar-refractivity contribution in [3.8, 4) is 0 Å². The Kier molecular flexibility index (Phi) is 7.14. The van der Waals surface area contributed by atoms with Gasteiger partial charge in [-0.15, -0.1) is 0 Å². The van der Waals surface area contributed by atoms with Gasteiger partial charge in [-0.1, -0.05) is 0 Å². The number of carbonyl (C=O) groups is 2. The summed E-state index contributed by atoms with van der Waals surface area (Å²) in [6.07, 6.45) is 2.60. The number of ether oxygens (including phenoxy) is 1. The molecule has 6 heteroatoms. The summed E-state index contributed by atoms with van der Waals surface area (Å²) in [6, 6.07) is -0.292. The second kappa shape index (κ2) is 7.78. The highest BCUT2D eigenvalue weighted by Gasteiger charge is 2.18. The van der Waals surface area contributed by atoms with E-state index >= 15 is 0 Å². The summed E-state index contributed by atoms with van der Waals surface area (Å²) < 4.78 is 5.10. The normalized spacial score (nSPS) is 13.2. The van der Waals surface area contributed by atoms with Crippen LogP contribution < -0.4 is 5.32 Å². The summed E-state index contributed by atoms with van der Waals surface area (Å²) >= 11 is 0. The molecule has 0 aromatic carbocycles. The van der Waals surface area contributed by atoms with Crippen molar-refractivity contribution in [1.82, 2.24) is 10.4 Å². The van der Waals surface area contributed by atoms with Gasteiger partial charge in [0.25, 0.3) is 0 Å². The summed E-state index contributed by atoms with van der Waals surface area (Å²) in [5.74, 6) is -0.104. The van der Waals surface area contributed by atoms with Crippen molar-refractivity contribution in [2.75, 3.05) is 14.2 Å². The van der Waals surface area contributed by atoms with Gasteiger partial charge in [0, 0.05) is 25.7 Å². The van der Waals surface area contributed by atoms with Crippen molar-refractivity contribution in [1.29, 1.82) is 0 Å². The maximum absolute atomic E-state index is 11.6. The molecule has 1 N–H and O–H groups in total. The second-order valence-corrected chi connectivity index (χ2v) is 5.26. The lowest BCUT2D eigenvalue weighted by atomic mass is 10.1. The Morgan fingerprint density at radius 1 is 1.37 bits per heavy atom. The average Bonchev–Trinajstić information content (AvgIpc) is 2.22. The van der Waals surface area contributed by atoms with Gasteiger partial charge in [-0.2, -0.15) is 0 Å². The molecule has 0 aliphatic carbocycles. The molecule has 6 nitrogen and oxygen atoms in total. The topological polar surface area (TPSA) is 67.9 Å². The van der Waals surface area contributed by atoms with Crippen molar-refractivity contribution < 1.29 is 19.2 Å². The molecule has 0 saturated heterocycles. The van der Waals surface area contributed by atoms with Crippen LogP contribution >= 0.6 is 0 Å². The largest absolute Gasteiger partial charge is 0.444 e. The lowest BCUT2D eigenvalue weighted by Gasteiger charge is -2.21. The van der Waals surface area contributed by atoms with Gasteiger partial charge in [-0.25, -0.2) is 4.79 Å². The third-order valence-corrected chi connectivity index (χ3v) is 2.03. The highest BCUT2D eigenvalue weighted by atomic mass is 16.7. The fraction of sp³-hybridized carbons (Fsp3) is 0.692. The van der Waals surface area contributed by atoms with Crippen LogP contribution in [0.3, 0.4) is 0 Å². The van der Waals surface area contributed by atoms with Crippen molar-refractivity contribution in [2.45, 2.75) is 45.8 Å². The first-order chi connectivity index (χ1) is 8.64. The van der Waals surface area contributed by atoms with Crippen LogP contribution in [0.1, 0.15) is 34.1 Å². The SMILES string of the molecule is CON(C)/C=C/C(=O)CC(C)NC(=O)OC(C)(C)C. The molecule has 19 heavy (non-hydrogen) atoms. The van der Waals surface area contributed by atoms with Gasteiger partial charge in [-0.3, -0.25) is 14.7 Å². The van der Waals surface area contributed by atoms with E-state index in [1.54, 1.807) is 34.7 Å². The summed E-state index contributed by atoms with van der Waals surface area (Å²) in [5.41, 5.74) is -0.547. The minimum atomic E-state index is -0.547. The zero-order chi connectivity index (χ0) is 15.1. The summed E-state index contributed by atoms with van der Waals surface area (Å²) in [4.78, 5) is 27.9. The van der Waals surface area contributed by atoms with Gasteiger partial charge in [0.05, 0.1) is 7.11 Å². The Labute approximate surface area is 114 Å². The molecule has 0 rings (SSSR count). The number of alkyl carbamates (subject to hydrolysis) is 1. The molecular formula is C13H24N2O4. The van der Waals surface area contributed by atoms with Crippen LogP contribution in [0.4, 0.5) is 4.79 Å². The van der Waals surface area contributed by atoms with E-state index in [1.807, 2.05) is 0 Å². The molecule has 0 saturated carbocycles. The average molecular weight is 272 g/mol. The molecule has 0 aromatic rings. The van der Waals surface area contributed by atoms with E-state index in [-0.39, 0.29) is 18.2 Å². The summed E-state index contributed by atoms with van der Waals surface area (Å²) in [5, 5.41) is 4.01. The molecule has 0 aliphatic heterocycles. The van der Waals surface area contributed by atoms with Gasteiger partial charge in [0.15, 0.2) is 5.78 Å². The smallest absolute Gasteiger partial charge is 0.407 e. The fourth-order valence-electron chi connectivity index (χ4n) is 1.18. The summed E-state index contributed by atoms with van der Waals surface area (Å²) in [7, 11) is 3.17. The number of rotatable bonds is 6. The zero-order valence-corrected chi connectivity index (χ0v) is 12.5. The van der Waals surface area contributed by atoms with Crippen LogP contribution in [-0.2, 0) is 14.4 Å². The lowest BCUT2D eigenvalue weighted by molar-refractivity contribution is -0.115. The van der Waals surface area contributed by atoms with E-state index in [2.05, 4.69) is 5.32 Å². The fourth-order valence-corrected chi connectivity index (χ4v) is 1.18. The van der Waals surface area contributed by atoms with Crippen molar-refractivity contribution in [3.05, 3.63) is 12.3 Å². The molecule has 0 fully saturated rings. The van der Waals surface area contributed by atoms with Crippen molar-refractivity contribution >= 4 is 11.9 Å². The van der Waals surface area contributed by atoms with E-state index in [0.29, 0.717) is 0 Å². The Bertz CT molecular complexity index is 334. The number of ketones is 1. The van der Waals surface area contributed by atoms with Gasteiger partial charge in [0.2, 0.25) is 0 Å². The van der Waals surface area contributed by atoms with Crippen molar-refractivity contribution in [2.24, 2.45) is 0 Å².